The zero-order valence-corrected chi connectivity index (χ0v) is 13.6. The molecule has 0 radical (unpaired) electrons. The van der Waals surface area contributed by atoms with Gasteiger partial charge in [-0.3, -0.25) is 9.59 Å². The zero-order chi connectivity index (χ0) is 14.7. The second kappa shape index (κ2) is 6.55. The molecule has 1 aromatic carbocycles. The molecular formula is C12H8Cl2IN3O2. The summed E-state index contributed by atoms with van der Waals surface area (Å²) >= 11 is 13.5. The minimum atomic E-state index is -0.600. The van der Waals surface area contributed by atoms with Crippen molar-refractivity contribution in [1.29, 1.82) is 0 Å². The van der Waals surface area contributed by atoms with E-state index in [0.29, 0.717) is 5.69 Å². The van der Waals surface area contributed by atoms with Gasteiger partial charge in [0.1, 0.15) is 11.6 Å². The first kappa shape index (κ1) is 15.3. The highest BCUT2D eigenvalue weighted by Crippen LogP contribution is 2.14. The van der Waals surface area contributed by atoms with Crippen molar-refractivity contribution < 1.29 is 4.79 Å². The van der Waals surface area contributed by atoms with Crippen molar-refractivity contribution >= 4 is 57.4 Å². The van der Waals surface area contributed by atoms with Crippen molar-refractivity contribution in [2.45, 2.75) is 6.54 Å². The minimum Gasteiger partial charge on any atom is -0.324 e. The minimum absolute atomic E-state index is 0.0611. The lowest BCUT2D eigenvalue weighted by molar-refractivity contribution is -0.117. The van der Waals surface area contributed by atoms with Crippen molar-refractivity contribution in [2.24, 2.45) is 0 Å². The number of carbonyl (C=O) groups is 1. The summed E-state index contributed by atoms with van der Waals surface area (Å²) in [6.45, 7) is -0.234. The van der Waals surface area contributed by atoms with E-state index < -0.39 is 5.56 Å². The Labute approximate surface area is 138 Å². The highest BCUT2D eigenvalue weighted by molar-refractivity contribution is 14.1. The fourth-order valence-electron chi connectivity index (χ4n) is 1.43. The number of halogens is 3. The summed E-state index contributed by atoms with van der Waals surface area (Å²) in [5.74, 6) is -0.376. The second-order valence-corrected chi connectivity index (χ2v) is 5.86. The summed E-state index contributed by atoms with van der Waals surface area (Å²) in [7, 11) is 0. The molecule has 0 fully saturated rings. The predicted molar refractivity (Wildman–Crippen MR) is 86.3 cm³/mol. The molecule has 2 rings (SSSR count). The third-order valence-electron chi connectivity index (χ3n) is 2.36. The Morgan fingerprint density at radius 3 is 2.60 bits per heavy atom. The van der Waals surface area contributed by atoms with Gasteiger partial charge in [-0.2, -0.15) is 5.10 Å². The lowest BCUT2D eigenvalue weighted by Crippen LogP contribution is -2.29. The number of rotatable bonds is 3. The molecule has 0 atom stereocenters. The number of benzene rings is 1. The van der Waals surface area contributed by atoms with E-state index in [1.54, 1.807) is 12.1 Å². The number of nitrogens with one attached hydrogen (secondary N) is 1. The average molecular weight is 424 g/mol. The van der Waals surface area contributed by atoms with Gasteiger partial charge < -0.3 is 5.32 Å². The van der Waals surface area contributed by atoms with Gasteiger partial charge in [0.15, 0.2) is 0 Å². The standard InChI is InChI=1S/C12H8Cl2IN3O2/c13-9-5-16-18(12(20)11(9)14)6-10(19)17-8-3-1-7(15)2-4-8/h1-5H,6H2,(H,17,19). The first-order valence-electron chi connectivity index (χ1n) is 5.44. The van der Waals surface area contributed by atoms with Gasteiger partial charge in [-0.05, 0) is 46.9 Å². The van der Waals surface area contributed by atoms with E-state index in [4.69, 9.17) is 23.2 Å². The Morgan fingerprint density at radius 2 is 1.95 bits per heavy atom. The van der Waals surface area contributed by atoms with Crippen LogP contribution < -0.4 is 10.9 Å². The van der Waals surface area contributed by atoms with Crippen LogP contribution in [0.25, 0.3) is 0 Å². The van der Waals surface area contributed by atoms with Crippen LogP contribution in [0.15, 0.2) is 35.3 Å². The largest absolute Gasteiger partial charge is 0.324 e. The van der Waals surface area contributed by atoms with Crippen molar-refractivity contribution in [3.8, 4) is 0 Å². The molecule has 1 N–H and O–H groups in total. The molecular weight excluding hydrogens is 416 g/mol. The van der Waals surface area contributed by atoms with Gasteiger partial charge in [0.25, 0.3) is 5.56 Å². The second-order valence-electron chi connectivity index (χ2n) is 3.82. The maximum atomic E-state index is 11.8. The molecule has 0 spiro atoms. The quantitative estimate of drug-likeness (QED) is 0.772. The fraction of sp³-hybridized carbons (Fsp3) is 0.0833. The SMILES string of the molecule is O=C(Cn1ncc(Cl)c(Cl)c1=O)Nc1ccc(I)cc1. The first-order chi connectivity index (χ1) is 9.47. The molecule has 8 heteroatoms. The molecule has 5 nitrogen and oxygen atoms in total. The first-order valence-corrected chi connectivity index (χ1v) is 7.27. The molecule has 1 amide bonds. The smallest absolute Gasteiger partial charge is 0.287 e. The van der Waals surface area contributed by atoms with Crippen LogP contribution in [0.1, 0.15) is 0 Å². The monoisotopic (exact) mass is 423 g/mol. The molecule has 0 unspecified atom stereocenters. The molecule has 0 saturated carbocycles. The topological polar surface area (TPSA) is 64.0 Å². The third kappa shape index (κ3) is 3.71. The summed E-state index contributed by atoms with van der Waals surface area (Å²) < 4.78 is 2.01. The van der Waals surface area contributed by atoms with Gasteiger partial charge in [-0.15, -0.1) is 0 Å². The molecule has 20 heavy (non-hydrogen) atoms. The van der Waals surface area contributed by atoms with Gasteiger partial charge in [-0.25, -0.2) is 4.68 Å². The molecule has 0 aliphatic heterocycles. The summed E-state index contributed by atoms with van der Waals surface area (Å²) in [5, 5.41) is 6.33. The van der Waals surface area contributed by atoms with E-state index in [2.05, 4.69) is 33.0 Å². The summed E-state index contributed by atoms with van der Waals surface area (Å²) in [6.07, 6.45) is 1.23. The normalized spacial score (nSPS) is 10.3. The molecule has 0 bridgehead atoms. The fourth-order valence-corrected chi connectivity index (χ4v) is 2.06. The lowest BCUT2D eigenvalue weighted by Gasteiger charge is -2.07. The molecule has 104 valence electrons. The average Bonchev–Trinajstić information content (AvgIpc) is 2.42. The van der Waals surface area contributed by atoms with Crippen LogP contribution in [-0.4, -0.2) is 15.7 Å². The van der Waals surface area contributed by atoms with Crippen LogP contribution in [-0.2, 0) is 11.3 Å². The van der Waals surface area contributed by atoms with E-state index in [1.165, 1.54) is 6.20 Å². The van der Waals surface area contributed by atoms with E-state index in [1.807, 2.05) is 12.1 Å². The Balaban J connectivity index is 2.11. The molecule has 0 aliphatic carbocycles. The van der Waals surface area contributed by atoms with E-state index in [9.17, 15) is 9.59 Å². The van der Waals surface area contributed by atoms with Crippen molar-refractivity contribution in [3.63, 3.8) is 0 Å². The molecule has 2 aromatic rings. The van der Waals surface area contributed by atoms with Gasteiger partial charge >= 0.3 is 0 Å². The van der Waals surface area contributed by atoms with Crippen molar-refractivity contribution in [2.75, 3.05) is 5.32 Å². The lowest BCUT2D eigenvalue weighted by atomic mass is 10.3. The third-order valence-corrected chi connectivity index (χ3v) is 3.83. The number of nitrogens with zero attached hydrogens (tertiary/aromatic N) is 2. The maximum absolute atomic E-state index is 11.8. The van der Waals surface area contributed by atoms with Gasteiger partial charge in [0.2, 0.25) is 5.91 Å². The number of hydrogen-bond acceptors (Lipinski definition) is 3. The van der Waals surface area contributed by atoms with Gasteiger partial charge in [0, 0.05) is 9.26 Å². The highest BCUT2D eigenvalue weighted by Gasteiger charge is 2.10. The van der Waals surface area contributed by atoms with Crippen molar-refractivity contribution in [3.05, 3.63) is 54.4 Å². The maximum Gasteiger partial charge on any atom is 0.287 e. The van der Waals surface area contributed by atoms with E-state index in [0.717, 1.165) is 8.25 Å². The van der Waals surface area contributed by atoms with Crippen LogP contribution in [0.2, 0.25) is 10.0 Å². The van der Waals surface area contributed by atoms with Crippen LogP contribution in [0.4, 0.5) is 5.69 Å². The number of anilines is 1. The van der Waals surface area contributed by atoms with Gasteiger partial charge in [0.05, 0.1) is 11.2 Å². The number of aromatic nitrogens is 2. The van der Waals surface area contributed by atoms with Crippen LogP contribution in [0.5, 0.6) is 0 Å². The Kier molecular flexibility index (Phi) is 5.00. The molecule has 1 heterocycles. The molecule has 0 saturated heterocycles. The molecule has 1 aromatic heterocycles. The summed E-state index contributed by atoms with van der Waals surface area (Å²) in [4.78, 5) is 23.6. The Hall–Kier alpha value is -1.12. The highest BCUT2D eigenvalue weighted by atomic mass is 127. The zero-order valence-electron chi connectivity index (χ0n) is 9.94. The number of carbonyl (C=O) groups excluding carboxylic acids is 1. The molecule has 0 aliphatic rings. The van der Waals surface area contributed by atoms with E-state index >= 15 is 0 Å². The number of hydrogen-bond donors (Lipinski definition) is 1. The Bertz CT molecular complexity index is 701. The van der Waals surface area contributed by atoms with Crippen molar-refractivity contribution in [1.82, 2.24) is 9.78 Å². The van der Waals surface area contributed by atoms with Gasteiger partial charge in [-0.1, -0.05) is 23.2 Å². The predicted octanol–water partition coefficient (Wildman–Crippen LogP) is 2.79. The summed E-state index contributed by atoms with van der Waals surface area (Å²) in [6, 6.07) is 7.26. The van der Waals surface area contributed by atoms with Crippen LogP contribution in [0.3, 0.4) is 0 Å². The van der Waals surface area contributed by atoms with E-state index in [-0.39, 0.29) is 22.5 Å². The summed E-state index contributed by atoms with van der Waals surface area (Å²) in [5.41, 5.74) is 0.0421. The van der Waals surface area contributed by atoms with Crippen LogP contribution in [0, 0.1) is 3.57 Å². The van der Waals surface area contributed by atoms with Crippen LogP contribution >= 0.6 is 45.8 Å². The Morgan fingerprint density at radius 1 is 1.30 bits per heavy atom. The number of amides is 1.